The Morgan fingerprint density at radius 2 is 2.04 bits per heavy atom. The summed E-state index contributed by atoms with van der Waals surface area (Å²) in [6.45, 7) is 5.35. The van der Waals surface area contributed by atoms with E-state index in [2.05, 4.69) is 16.9 Å². The van der Waals surface area contributed by atoms with Gasteiger partial charge in [0.25, 0.3) is 5.91 Å². The van der Waals surface area contributed by atoms with Crippen LogP contribution >= 0.6 is 11.3 Å². The van der Waals surface area contributed by atoms with Gasteiger partial charge < -0.3 is 19.5 Å². The van der Waals surface area contributed by atoms with Gasteiger partial charge in [0, 0.05) is 17.5 Å². The number of thiazole rings is 1. The third-order valence-corrected chi connectivity index (χ3v) is 4.55. The Morgan fingerprint density at radius 3 is 2.70 bits per heavy atom. The lowest BCUT2D eigenvalue weighted by molar-refractivity contribution is -0.154. The normalized spacial score (nSPS) is 11.4. The van der Waals surface area contributed by atoms with Gasteiger partial charge in [0.1, 0.15) is 5.01 Å². The van der Waals surface area contributed by atoms with Gasteiger partial charge in [0.15, 0.2) is 17.6 Å². The maximum Gasteiger partial charge on any atom is 0.312 e. The minimum atomic E-state index is -0.874. The van der Waals surface area contributed by atoms with Gasteiger partial charge in [0.2, 0.25) is 0 Å². The molecule has 1 amide bonds. The summed E-state index contributed by atoms with van der Waals surface area (Å²) in [6.07, 6.45) is 0.668. The van der Waals surface area contributed by atoms with Crippen molar-refractivity contribution in [1.29, 1.82) is 0 Å². The molecule has 7 nitrogen and oxygen atoms in total. The van der Waals surface area contributed by atoms with Crippen LogP contribution in [0.2, 0.25) is 0 Å². The molecule has 1 N–H and O–H groups in total. The van der Waals surface area contributed by atoms with E-state index in [1.54, 1.807) is 31.7 Å². The number of methoxy groups -OCH3 is 2. The zero-order valence-electron chi connectivity index (χ0n) is 15.5. The predicted molar refractivity (Wildman–Crippen MR) is 103 cm³/mol. The number of carbonyl (C=O) groups is 2. The molecular weight excluding hydrogens is 368 g/mol. The zero-order valence-corrected chi connectivity index (χ0v) is 16.3. The van der Waals surface area contributed by atoms with Gasteiger partial charge >= 0.3 is 5.97 Å². The lowest BCUT2D eigenvalue weighted by Gasteiger charge is -2.12. The molecule has 0 aliphatic carbocycles. The molecule has 1 heterocycles. The van der Waals surface area contributed by atoms with Crippen molar-refractivity contribution in [2.75, 3.05) is 20.8 Å². The first-order valence-electron chi connectivity index (χ1n) is 8.23. The number of hydrogen-bond acceptors (Lipinski definition) is 7. The van der Waals surface area contributed by atoms with E-state index >= 15 is 0 Å². The van der Waals surface area contributed by atoms with E-state index in [1.807, 2.05) is 12.1 Å². The quantitative estimate of drug-likeness (QED) is 0.523. The van der Waals surface area contributed by atoms with Crippen LogP contribution in [0.5, 0.6) is 11.5 Å². The number of aromatic nitrogens is 1. The summed E-state index contributed by atoms with van der Waals surface area (Å²) in [6, 6.07) is 5.49. The molecule has 0 bridgehead atoms. The fourth-order valence-electron chi connectivity index (χ4n) is 2.25. The number of nitrogens with one attached hydrogen (secondary N) is 1. The van der Waals surface area contributed by atoms with Crippen molar-refractivity contribution in [2.45, 2.75) is 19.4 Å². The number of hydrogen-bond donors (Lipinski definition) is 1. The molecule has 1 aromatic heterocycles. The molecule has 27 heavy (non-hydrogen) atoms. The third-order valence-electron chi connectivity index (χ3n) is 3.61. The first-order valence-corrected chi connectivity index (χ1v) is 9.11. The summed E-state index contributed by atoms with van der Waals surface area (Å²) in [5.74, 6) is 0.351. The van der Waals surface area contributed by atoms with Gasteiger partial charge in [-0.1, -0.05) is 6.08 Å². The maximum atomic E-state index is 12.0. The summed E-state index contributed by atoms with van der Waals surface area (Å²) >= 11 is 1.41. The van der Waals surface area contributed by atoms with E-state index in [4.69, 9.17) is 14.2 Å². The smallest absolute Gasteiger partial charge is 0.312 e. The second-order valence-electron chi connectivity index (χ2n) is 5.56. The third kappa shape index (κ3) is 5.55. The first kappa shape index (κ1) is 20.4. The molecular formula is C19H22N2O5S. The molecule has 1 atom stereocenters. The van der Waals surface area contributed by atoms with Crippen molar-refractivity contribution in [3.8, 4) is 22.1 Å². The number of carbonyl (C=O) groups excluding carboxylic acids is 2. The van der Waals surface area contributed by atoms with Crippen molar-refractivity contribution < 1.29 is 23.8 Å². The fraction of sp³-hybridized carbons (Fsp3) is 0.316. The molecule has 0 saturated heterocycles. The van der Waals surface area contributed by atoms with E-state index in [9.17, 15) is 9.59 Å². The van der Waals surface area contributed by atoms with E-state index in [0.29, 0.717) is 23.7 Å². The highest BCUT2D eigenvalue weighted by atomic mass is 32.1. The van der Waals surface area contributed by atoms with Gasteiger partial charge in [-0.2, -0.15) is 0 Å². The fourth-order valence-corrected chi connectivity index (χ4v) is 3.06. The average Bonchev–Trinajstić information content (AvgIpc) is 3.13. The van der Waals surface area contributed by atoms with Crippen LogP contribution in [0.1, 0.15) is 12.6 Å². The van der Waals surface area contributed by atoms with E-state index in [1.165, 1.54) is 18.3 Å². The van der Waals surface area contributed by atoms with Gasteiger partial charge in [-0.3, -0.25) is 9.59 Å². The van der Waals surface area contributed by atoms with Crippen LogP contribution in [0.4, 0.5) is 0 Å². The molecule has 2 aromatic rings. The van der Waals surface area contributed by atoms with Crippen LogP contribution in [-0.4, -0.2) is 43.7 Å². The number of benzene rings is 1. The molecule has 1 unspecified atom stereocenters. The molecule has 2 rings (SSSR count). The van der Waals surface area contributed by atoms with Gasteiger partial charge in [-0.15, -0.1) is 17.9 Å². The lowest BCUT2D eigenvalue weighted by atomic mass is 10.2. The van der Waals surface area contributed by atoms with Gasteiger partial charge in [-0.05, 0) is 25.1 Å². The van der Waals surface area contributed by atoms with Crippen molar-refractivity contribution >= 4 is 23.2 Å². The summed E-state index contributed by atoms with van der Waals surface area (Å²) < 4.78 is 15.7. The first-order chi connectivity index (χ1) is 13.0. The van der Waals surface area contributed by atoms with Gasteiger partial charge in [-0.25, -0.2) is 4.98 Å². The molecule has 1 aromatic carbocycles. The van der Waals surface area contributed by atoms with E-state index < -0.39 is 12.1 Å². The molecule has 0 aliphatic heterocycles. The number of esters is 1. The van der Waals surface area contributed by atoms with E-state index in [0.717, 1.165) is 10.6 Å². The summed E-state index contributed by atoms with van der Waals surface area (Å²) in [4.78, 5) is 28.2. The Balaban J connectivity index is 2.00. The monoisotopic (exact) mass is 390 g/mol. The summed E-state index contributed by atoms with van der Waals surface area (Å²) in [5, 5.41) is 5.11. The minimum absolute atomic E-state index is 0.0110. The summed E-state index contributed by atoms with van der Waals surface area (Å²) in [5.41, 5.74) is 1.43. The minimum Gasteiger partial charge on any atom is -0.493 e. The molecule has 0 fully saturated rings. The SMILES string of the molecule is C=CCNC(=O)C(C)OC(=O)Cc1csc(-c2ccc(OC)c(OC)c2)n1. The second-order valence-corrected chi connectivity index (χ2v) is 6.41. The zero-order chi connectivity index (χ0) is 19.8. The Hall–Kier alpha value is -2.87. The molecule has 0 radical (unpaired) electrons. The van der Waals surface area contributed by atoms with Crippen LogP contribution in [0, 0.1) is 0 Å². The highest BCUT2D eigenvalue weighted by Gasteiger charge is 2.18. The Bertz CT molecular complexity index is 818. The molecule has 0 saturated carbocycles. The molecule has 144 valence electrons. The largest absolute Gasteiger partial charge is 0.493 e. The maximum absolute atomic E-state index is 12.0. The number of rotatable bonds is 9. The van der Waals surface area contributed by atoms with Crippen LogP contribution < -0.4 is 14.8 Å². The Morgan fingerprint density at radius 1 is 1.30 bits per heavy atom. The number of amides is 1. The standard InChI is InChI=1S/C19H22N2O5S/c1-5-8-20-18(23)12(2)26-17(22)10-14-11-27-19(21-14)13-6-7-15(24-3)16(9-13)25-4/h5-7,9,11-12H,1,8,10H2,2-4H3,(H,20,23). The lowest BCUT2D eigenvalue weighted by Crippen LogP contribution is -2.36. The topological polar surface area (TPSA) is 86.8 Å². The molecule has 0 aliphatic rings. The van der Waals surface area contributed by atoms with Crippen molar-refractivity contribution in [3.63, 3.8) is 0 Å². The van der Waals surface area contributed by atoms with E-state index in [-0.39, 0.29) is 12.3 Å². The number of nitrogens with zero attached hydrogens (tertiary/aromatic N) is 1. The molecule has 0 spiro atoms. The Labute approximate surface area is 162 Å². The van der Waals surface area contributed by atoms with Crippen molar-refractivity contribution in [3.05, 3.63) is 41.9 Å². The van der Waals surface area contributed by atoms with Crippen LogP contribution in [0.25, 0.3) is 10.6 Å². The average molecular weight is 390 g/mol. The molecule has 8 heteroatoms. The second kappa shape index (κ2) is 9.72. The Kier molecular flexibility index (Phi) is 7.36. The van der Waals surface area contributed by atoms with Crippen molar-refractivity contribution in [1.82, 2.24) is 10.3 Å². The highest BCUT2D eigenvalue weighted by Crippen LogP contribution is 2.33. The van der Waals surface area contributed by atoms with Crippen molar-refractivity contribution in [2.24, 2.45) is 0 Å². The van der Waals surface area contributed by atoms with Gasteiger partial charge in [0.05, 0.1) is 26.3 Å². The number of ether oxygens (including phenoxy) is 3. The highest BCUT2D eigenvalue weighted by molar-refractivity contribution is 7.13. The predicted octanol–water partition coefficient (Wildman–Crippen LogP) is 2.60. The van der Waals surface area contributed by atoms with Crippen LogP contribution in [-0.2, 0) is 20.7 Å². The van der Waals surface area contributed by atoms with Crippen LogP contribution in [0.15, 0.2) is 36.2 Å². The summed E-state index contributed by atoms with van der Waals surface area (Å²) in [7, 11) is 3.14. The van der Waals surface area contributed by atoms with Crippen LogP contribution in [0.3, 0.4) is 0 Å².